The molecule has 1 saturated heterocycles. The lowest BCUT2D eigenvalue weighted by Gasteiger charge is -2.39. The van der Waals surface area contributed by atoms with Crippen LogP contribution >= 0.6 is 0 Å². The van der Waals surface area contributed by atoms with E-state index < -0.39 is 0 Å². The first-order valence-electron chi connectivity index (χ1n) is 5.72. The van der Waals surface area contributed by atoms with Gasteiger partial charge < -0.3 is 10.6 Å². The summed E-state index contributed by atoms with van der Waals surface area (Å²) in [6.07, 6.45) is 3.61. The molecule has 2 aliphatic carbocycles. The first-order chi connectivity index (χ1) is 6.70. The summed E-state index contributed by atoms with van der Waals surface area (Å²) in [6, 6.07) is 0. The Balaban J connectivity index is 1.57. The van der Waals surface area contributed by atoms with Crippen LogP contribution in [-0.4, -0.2) is 24.5 Å². The van der Waals surface area contributed by atoms with E-state index in [0.717, 1.165) is 13.1 Å². The van der Waals surface area contributed by atoms with Gasteiger partial charge >= 0.3 is 0 Å². The predicted molar refractivity (Wildman–Crippen MR) is 53.7 cm³/mol. The van der Waals surface area contributed by atoms with Crippen molar-refractivity contribution in [3.63, 3.8) is 0 Å². The highest BCUT2D eigenvalue weighted by Crippen LogP contribution is 2.49. The van der Waals surface area contributed by atoms with E-state index in [-0.39, 0.29) is 5.54 Å². The van der Waals surface area contributed by atoms with Crippen LogP contribution in [0.5, 0.6) is 0 Å². The van der Waals surface area contributed by atoms with Gasteiger partial charge in [-0.15, -0.1) is 0 Å². The number of hydrogen-bond donors (Lipinski definition) is 2. The Kier molecular flexibility index (Phi) is 1.69. The van der Waals surface area contributed by atoms with Gasteiger partial charge in [-0.25, -0.2) is 0 Å². The minimum absolute atomic E-state index is 0.140. The highest BCUT2D eigenvalue weighted by molar-refractivity contribution is 5.83. The maximum atomic E-state index is 11.9. The van der Waals surface area contributed by atoms with E-state index in [1.54, 1.807) is 0 Å². The number of fused-ring (bicyclic) bond motifs is 1. The Labute approximate surface area is 84.6 Å². The van der Waals surface area contributed by atoms with Gasteiger partial charge in [-0.1, -0.05) is 0 Å². The Bertz CT molecular complexity index is 262. The second kappa shape index (κ2) is 2.72. The number of piperidine rings is 1. The van der Waals surface area contributed by atoms with Crippen LogP contribution in [0.1, 0.15) is 26.2 Å². The molecule has 0 aromatic heterocycles. The molecular weight excluding hydrogens is 176 g/mol. The van der Waals surface area contributed by atoms with Crippen LogP contribution in [0.4, 0.5) is 0 Å². The van der Waals surface area contributed by atoms with Gasteiger partial charge in [0.2, 0.25) is 5.91 Å². The van der Waals surface area contributed by atoms with Crippen LogP contribution in [0.15, 0.2) is 0 Å². The molecule has 14 heavy (non-hydrogen) atoms. The van der Waals surface area contributed by atoms with Crippen molar-refractivity contribution in [3.05, 3.63) is 0 Å². The third kappa shape index (κ3) is 1.18. The number of rotatable bonds is 2. The summed E-state index contributed by atoms with van der Waals surface area (Å²) in [7, 11) is 0. The Hall–Kier alpha value is -0.570. The smallest absolute Gasteiger partial charge is 0.224 e. The van der Waals surface area contributed by atoms with Crippen LogP contribution < -0.4 is 10.6 Å². The van der Waals surface area contributed by atoms with Crippen LogP contribution in [0.3, 0.4) is 0 Å². The van der Waals surface area contributed by atoms with Gasteiger partial charge in [-0.2, -0.15) is 0 Å². The van der Waals surface area contributed by atoms with Crippen LogP contribution in [0, 0.1) is 17.8 Å². The number of hydrogen-bond acceptors (Lipinski definition) is 2. The second-order valence-electron chi connectivity index (χ2n) is 5.42. The summed E-state index contributed by atoms with van der Waals surface area (Å²) < 4.78 is 0. The molecule has 3 heteroatoms. The van der Waals surface area contributed by atoms with Gasteiger partial charge in [0.05, 0.1) is 0 Å². The number of carbonyl (C=O) groups excluding carboxylic acids is 1. The zero-order chi connectivity index (χ0) is 9.76. The lowest BCUT2D eigenvalue weighted by atomic mass is 9.78. The number of nitrogens with one attached hydrogen (secondary N) is 2. The van der Waals surface area contributed by atoms with Crippen molar-refractivity contribution in [1.82, 2.24) is 10.6 Å². The molecule has 1 unspecified atom stereocenters. The van der Waals surface area contributed by atoms with Gasteiger partial charge in [0.1, 0.15) is 0 Å². The molecule has 3 rings (SSSR count). The highest BCUT2D eigenvalue weighted by atomic mass is 16.2. The molecular formula is C11H18N2O. The maximum Gasteiger partial charge on any atom is 0.224 e. The fourth-order valence-electron chi connectivity index (χ4n) is 3.02. The third-order valence-corrected chi connectivity index (χ3v) is 4.28. The molecule has 3 atom stereocenters. The van der Waals surface area contributed by atoms with E-state index in [4.69, 9.17) is 0 Å². The molecule has 3 fully saturated rings. The van der Waals surface area contributed by atoms with Crippen molar-refractivity contribution in [2.75, 3.05) is 13.1 Å². The lowest BCUT2D eigenvalue weighted by Crippen LogP contribution is -2.52. The molecule has 3 nitrogen and oxygen atoms in total. The molecule has 0 bridgehead atoms. The van der Waals surface area contributed by atoms with Gasteiger partial charge in [0.15, 0.2) is 0 Å². The fourth-order valence-corrected chi connectivity index (χ4v) is 3.02. The van der Waals surface area contributed by atoms with Gasteiger partial charge in [0.25, 0.3) is 0 Å². The minimum atomic E-state index is 0.140. The monoisotopic (exact) mass is 194 g/mol. The quantitative estimate of drug-likeness (QED) is 0.672. The molecule has 0 spiro atoms. The zero-order valence-corrected chi connectivity index (χ0v) is 8.68. The van der Waals surface area contributed by atoms with E-state index >= 15 is 0 Å². The average Bonchev–Trinajstić information content (AvgIpc) is 2.59. The fraction of sp³-hybridized carbons (Fsp3) is 0.909. The van der Waals surface area contributed by atoms with Crippen molar-refractivity contribution in [2.24, 2.45) is 17.8 Å². The van der Waals surface area contributed by atoms with Gasteiger partial charge in [-0.05, 0) is 51.1 Å². The number of amides is 1. The van der Waals surface area contributed by atoms with Gasteiger partial charge in [0, 0.05) is 11.5 Å². The molecule has 2 N–H and O–H groups in total. The molecule has 1 amide bonds. The Morgan fingerprint density at radius 1 is 1.36 bits per heavy atom. The lowest BCUT2D eigenvalue weighted by molar-refractivity contribution is -0.125. The summed E-state index contributed by atoms with van der Waals surface area (Å²) in [5.74, 6) is 1.97. The standard InChI is InChI=1S/C11H18N2O/c1-11(3-2-4-11)13-10(14)9-7-5-12-6-8(7)9/h7-9,12H,2-6H2,1H3,(H,13,14)/t7-,8+,9?. The zero-order valence-electron chi connectivity index (χ0n) is 8.68. The second-order valence-corrected chi connectivity index (χ2v) is 5.42. The topological polar surface area (TPSA) is 41.1 Å². The van der Waals surface area contributed by atoms with Crippen molar-refractivity contribution in [3.8, 4) is 0 Å². The summed E-state index contributed by atoms with van der Waals surface area (Å²) in [6.45, 7) is 4.28. The van der Waals surface area contributed by atoms with E-state index in [1.807, 2.05) is 0 Å². The van der Waals surface area contributed by atoms with Crippen LogP contribution in [-0.2, 0) is 4.79 Å². The summed E-state index contributed by atoms with van der Waals surface area (Å²) >= 11 is 0. The Morgan fingerprint density at radius 3 is 2.50 bits per heavy atom. The largest absolute Gasteiger partial charge is 0.351 e. The van der Waals surface area contributed by atoms with Crippen molar-refractivity contribution < 1.29 is 4.79 Å². The van der Waals surface area contributed by atoms with Crippen molar-refractivity contribution >= 4 is 5.91 Å². The van der Waals surface area contributed by atoms with E-state index in [9.17, 15) is 4.79 Å². The molecule has 3 aliphatic rings. The summed E-state index contributed by atoms with van der Waals surface area (Å²) in [5.41, 5.74) is 0.140. The molecule has 1 aliphatic heterocycles. The third-order valence-electron chi connectivity index (χ3n) is 4.28. The first kappa shape index (κ1) is 8.72. The maximum absolute atomic E-state index is 11.9. The number of carbonyl (C=O) groups is 1. The van der Waals surface area contributed by atoms with Crippen molar-refractivity contribution in [2.45, 2.75) is 31.7 Å². The van der Waals surface area contributed by atoms with E-state index in [0.29, 0.717) is 23.7 Å². The Morgan fingerprint density at radius 2 is 2.00 bits per heavy atom. The first-order valence-corrected chi connectivity index (χ1v) is 5.72. The van der Waals surface area contributed by atoms with Gasteiger partial charge in [-0.3, -0.25) is 4.79 Å². The average molecular weight is 194 g/mol. The van der Waals surface area contributed by atoms with Crippen LogP contribution in [0.2, 0.25) is 0 Å². The SMILES string of the molecule is CC1(NC(=O)C2[C@H]3CNC[C@@H]23)CCC1. The molecule has 1 heterocycles. The summed E-state index contributed by atoms with van der Waals surface area (Å²) in [4.78, 5) is 11.9. The van der Waals surface area contributed by atoms with Crippen molar-refractivity contribution in [1.29, 1.82) is 0 Å². The van der Waals surface area contributed by atoms with Crippen LogP contribution in [0.25, 0.3) is 0 Å². The summed E-state index contributed by atoms with van der Waals surface area (Å²) in [5, 5.41) is 6.53. The molecule has 2 saturated carbocycles. The van der Waals surface area contributed by atoms with E-state index in [2.05, 4.69) is 17.6 Å². The predicted octanol–water partition coefficient (Wildman–Crippen LogP) is 0.511. The highest BCUT2D eigenvalue weighted by Gasteiger charge is 2.57. The minimum Gasteiger partial charge on any atom is -0.351 e. The molecule has 0 radical (unpaired) electrons. The molecule has 0 aromatic rings. The molecule has 78 valence electrons. The normalized spacial score (nSPS) is 42.5. The molecule has 0 aromatic carbocycles. The van der Waals surface area contributed by atoms with E-state index in [1.165, 1.54) is 19.3 Å².